The Hall–Kier alpha value is -1.06. The highest BCUT2D eigenvalue weighted by molar-refractivity contribution is 5.39. The Labute approximate surface area is 115 Å². The highest BCUT2D eigenvalue weighted by atomic mass is 16.5. The Bertz CT molecular complexity index is 440. The molecule has 1 aliphatic heterocycles. The van der Waals surface area contributed by atoms with E-state index in [1.54, 1.807) is 0 Å². The minimum Gasteiger partial charge on any atom is -0.493 e. The minimum atomic E-state index is 0.509. The average molecular weight is 260 g/mol. The van der Waals surface area contributed by atoms with Gasteiger partial charge in [0.15, 0.2) is 0 Å². The molecule has 1 heterocycles. The van der Waals surface area contributed by atoms with Crippen LogP contribution in [-0.2, 0) is 13.0 Å². The van der Waals surface area contributed by atoms with Crippen LogP contribution in [0.25, 0.3) is 0 Å². The third-order valence-corrected chi connectivity index (χ3v) is 4.55. The molecule has 2 aliphatic rings. The smallest absolute Gasteiger partial charge is 0.122 e. The molecule has 0 unspecified atom stereocenters. The first-order chi connectivity index (χ1) is 9.31. The molecular weight excluding hydrogens is 236 g/mol. The third kappa shape index (κ3) is 2.77. The van der Waals surface area contributed by atoms with Crippen LogP contribution in [-0.4, -0.2) is 26.7 Å². The molecule has 0 radical (unpaired) electrons. The van der Waals surface area contributed by atoms with Gasteiger partial charge in [0.2, 0.25) is 0 Å². The molecule has 1 aromatic rings. The van der Waals surface area contributed by atoms with Crippen molar-refractivity contribution in [3.8, 4) is 5.75 Å². The summed E-state index contributed by atoms with van der Waals surface area (Å²) in [5.41, 5.74) is 3.25. The maximum absolute atomic E-state index is 5.54. The first-order valence-electron chi connectivity index (χ1n) is 7.41. The van der Waals surface area contributed by atoms with Gasteiger partial charge in [-0.25, -0.2) is 0 Å². The quantitative estimate of drug-likeness (QED) is 0.822. The van der Waals surface area contributed by atoms with Gasteiger partial charge >= 0.3 is 0 Å². The van der Waals surface area contributed by atoms with Crippen LogP contribution in [0.4, 0.5) is 0 Å². The monoisotopic (exact) mass is 260 g/mol. The summed E-state index contributed by atoms with van der Waals surface area (Å²) in [6, 6.07) is 6.59. The zero-order chi connectivity index (χ0) is 13.1. The van der Waals surface area contributed by atoms with Crippen LogP contribution in [0.15, 0.2) is 18.2 Å². The van der Waals surface area contributed by atoms with Gasteiger partial charge in [-0.2, -0.15) is 0 Å². The number of hydrogen-bond acceptors (Lipinski definition) is 3. The third-order valence-electron chi connectivity index (χ3n) is 4.55. The van der Waals surface area contributed by atoms with Crippen LogP contribution in [0.1, 0.15) is 30.4 Å². The molecule has 19 heavy (non-hydrogen) atoms. The molecule has 1 fully saturated rings. The number of rotatable bonds is 6. The summed E-state index contributed by atoms with van der Waals surface area (Å²) in [6.07, 6.45) is 5.17. The molecule has 1 saturated carbocycles. The van der Waals surface area contributed by atoms with Crippen molar-refractivity contribution >= 4 is 0 Å². The van der Waals surface area contributed by atoms with Gasteiger partial charge in [-0.3, -0.25) is 0 Å². The molecular formula is C16H24N2O. The lowest BCUT2D eigenvalue weighted by molar-refractivity contribution is 0.130. The van der Waals surface area contributed by atoms with Crippen molar-refractivity contribution in [2.45, 2.75) is 32.2 Å². The highest BCUT2D eigenvalue weighted by Crippen LogP contribution is 2.39. The standard InChI is InChI=1S/C16H24N2O/c1-17-11-16(6-2-7-16)12-18-10-13-3-4-15-14(9-13)5-8-19-15/h3-4,9,17-18H,2,5-8,10-12H2,1H3. The van der Waals surface area contributed by atoms with E-state index in [1.807, 2.05) is 0 Å². The molecule has 104 valence electrons. The Morgan fingerprint density at radius 2 is 2.16 bits per heavy atom. The van der Waals surface area contributed by atoms with Crippen molar-refractivity contribution in [2.24, 2.45) is 5.41 Å². The number of fused-ring (bicyclic) bond motifs is 1. The Morgan fingerprint density at radius 1 is 1.26 bits per heavy atom. The number of hydrogen-bond donors (Lipinski definition) is 2. The van der Waals surface area contributed by atoms with Gasteiger partial charge in [0, 0.05) is 26.1 Å². The molecule has 0 bridgehead atoms. The summed E-state index contributed by atoms with van der Waals surface area (Å²) >= 11 is 0. The van der Waals surface area contributed by atoms with Gasteiger partial charge in [0.25, 0.3) is 0 Å². The molecule has 1 aromatic carbocycles. The molecule has 1 aliphatic carbocycles. The Balaban J connectivity index is 1.52. The molecule has 3 rings (SSSR count). The van der Waals surface area contributed by atoms with E-state index in [1.165, 1.54) is 30.4 Å². The van der Waals surface area contributed by atoms with Gasteiger partial charge in [0.1, 0.15) is 5.75 Å². The first kappa shape index (κ1) is 12.9. The molecule has 3 heteroatoms. The van der Waals surface area contributed by atoms with E-state index in [0.29, 0.717) is 5.41 Å². The second-order valence-electron chi connectivity index (χ2n) is 6.03. The average Bonchev–Trinajstić information content (AvgIpc) is 2.83. The van der Waals surface area contributed by atoms with Crippen molar-refractivity contribution < 1.29 is 4.74 Å². The fourth-order valence-electron chi connectivity index (χ4n) is 3.29. The van der Waals surface area contributed by atoms with Gasteiger partial charge in [0.05, 0.1) is 6.61 Å². The van der Waals surface area contributed by atoms with Gasteiger partial charge in [-0.05, 0) is 42.5 Å². The van der Waals surface area contributed by atoms with E-state index < -0.39 is 0 Å². The van der Waals surface area contributed by atoms with E-state index >= 15 is 0 Å². The minimum absolute atomic E-state index is 0.509. The predicted molar refractivity (Wildman–Crippen MR) is 77.6 cm³/mol. The first-order valence-corrected chi connectivity index (χ1v) is 7.41. The molecule has 2 N–H and O–H groups in total. The molecule has 0 amide bonds. The summed E-state index contributed by atoms with van der Waals surface area (Å²) < 4.78 is 5.54. The summed E-state index contributed by atoms with van der Waals surface area (Å²) in [5.74, 6) is 1.08. The second kappa shape index (κ2) is 5.51. The van der Waals surface area contributed by atoms with Gasteiger partial charge < -0.3 is 15.4 Å². The van der Waals surface area contributed by atoms with E-state index in [9.17, 15) is 0 Å². The lowest BCUT2D eigenvalue weighted by Gasteiger charge is -2.42. The van der Waals surface area contributed by atoms with Crippen LogP contribution >= 0.6 is 0 Å². The van der Waals surface area contributed by atoms with E-state index in [-0.39, 0.29) is 0 Å². The van der Waals surface area contributed by atoms with Crippen molar-refractivity contribution in [3.63, 3.8) is 0 Å². The summed E-state index contributed by atoms with van der Waals surface area (Å²) in [5, 5.41) is 6.98. The van der Waals surface area contributed by atoms with E-state index in [2.05, 4.69) is 35.9 Å². The van der Waals surface area contributed by atoms with Crippen LogP contribution in [0.5, 0.6) is 5.75 Å². The van der Waals surface area contributed by atoms with Crippen molar-refractivity contribution in [2.75, 3.05) is 26.7 Å². The summed E-state index contributed by atoms with van der Waals surface area (Å²) in [6.45, 7) is 4.08. The lowest BCUT2D eigenvalue weighted by atomic mass is 9.68. The fourth-order valence-corrected chi connectivity index (χ4v) is 3.29. The van der Waals surface area contributed by atoms with Crippen LogP contribution in [0.3, 0.4) is 0 Å². The van der Waals surface area contributed by atoms with Gasteiger partial charge in [-0.1, -0.05) is 18.6 Å². The lowest BCUT2D eigenvalue weighted by Crippen LogP contribution is -2.46. The molecule has 3 nitrogen and oxygen atoms in total. The van der Waals surface area contributed by atoms with Crippen molar-refractivity contribution in [1.29, 1.82) is 0 Å². The number of ether oxygens (including phenoxy) is 1. The topological polar surface area (TPSA) is 33.3 Å². The van der Waals surface area contributed by atoms with Crippen LogP contribution < -0.4 is 15.4 Å². The number of benzene rings is 1. The zero-order valence-electron chi connectivity index (χ0n) is 11.8. The fraction of sp³-hybridized carbons (Fsp3) is 0.625. The zero-order valence-corrected chi connectivity index (χ0v) is 11.8. The maximum Gasteiger partial charge on any atom is 0.122 e. The van der Waals surface area contributed by atoms with Crippen molar-refractivity contribution in [1.82, 2.24) is 10.6 Å². The van der Waals surface area contributed by atoms with E-state index in [0.717, 1.165) is 38.4 Å². The largest absolute Gasteiger partial charge is 0.493 e. The molecule has 0 saturated heterocycles. The Morgan fingerprint density at radius 3 is 2.89 bits per heavy atom. The predicted octanol–water partition coefficient (Wildman–Crippen LogP) is 2.10. The maximum atomic E-state index is 5.54. The van der Waals surface area contributed by atoms with Crippen LogP contribution in [0.2, 0.25) is 0 Å². The molecule has 0 atom stereocenters. The summed E-state index contributed by atoms with van der Waals surface area (Å²) in [4.78, 5) is 0. The van der Waals surface area contributed by atoms with Crippen molar-refractivity contribution in [3.05, 3.63) is 29.3 Å². The normalized spacial score (nSPS) is 19.6. The highest BCUT2D eigenvalue weighted by Gasteiger charge is 2.35. The summed E-state index contributed by atoms with van der Waals surface area (Å²) in [7, 11) is 2.06. The van der Waals surface area contributed by atoms with E-state index in [4.69, 9.17) is 4.74 Å². The van der Waals surface area contributed by atoms with Gasteiger partial charge in [-0.15, -0.1) is 0 Å². The second-order valence-corrected chi connectivity index (χ2v) is 6.03. The number of nitrogens with one attached hydrogen (secondary N) is 2. The SMILES string of the molecule is CNCC1(CNCc2ccc3c(c2)CCO3)CCC1. The molecule has 0 spiro atoms. The van der Waals surface area contributed by atoms with Crippen LogP contribution in [0, 0.1) is 5.41 Å². The molecule has 0 aromatic heterocycles. The Kier molecular flexibility index (Phi) is 3.76.